The summed E-state index contributed by atoms with van der Waals surface area (Å²) < 4.78 is 5.18. The summed E-state index contributed by atoms with van der Waals surface area (Å²) in [4.78, 5) is 8.93. The van der Waals surface area contributed by atoms with E-state index in [1.165, 1.54) is 0 Å². The molecule has 21 heavy (non-hydrogen) atoms. The topological polar surface area (TPSA) is 61.0 Å². The number of nitrogen functional groups attached to an aromatic ring is 1. The number of nitrogens with zero attached hydrogens (tertiary/aromatic N) is 2. The van der Waals surface area contributed by atoms with Crippen molar-refractivity contribution in [1.29, 1.82) is 0 Å². The molecular formula is C17H15N3O. The average Bonchev–Trinajstić information content (AvgIpc) is 2.56. The van der Waals surface area contributed by atoms with Crippen LogP contribution in [0.5, 0.6) is 5.75 Å². The van der Waals surface area contributed by atoms with E-state index in [4.69, 9.17) is 10.5 Å². The molecule has 1 heterocycles. The zero-order valence-electron chi connectivity index (χ0n) is 11.7. The Labute approximate surface area is 123 Å². The highest BCUT2D eigenvalue weighted by atomic mass is 16.5. The molecule has 0 bridgehead atoms. The van der Waals surface area contributed by atoms with Gasteiger partial charge >= 0.3 is 0 Å². The van der Waals surface area contributed by atoms with E-state index in [0.717, 1.165) is 34.0 Å². The van der Waals surface area contributed by atoms with Crippen molar-refractivity contribution in [2.75, 3.05) is 12.8 Å². The molecule has 0 amide bonds. The molecule has 104 valence electrons. The van der Waals surface area contributed by atoms with Crippen molar-refractivity contribution in [1.82, 2.24) is 9.97 Å². The van der Waals surface area contributed by atoms with Crippen LogP contribution in [-0.4, -0.2) is 17.1 Å². The molecule has 3 aromatic rings. The van der Waals surface area contributed by atoms with Crippen molar-refractivity contribution in [3.8, 4) is 28.3 Å². The highest BCUT2D eigenvalue weighted by Crippen LogP contribution is 2.29. The molecule has 0 saturated carbocycles. The first-order valence-electron chi connectivity index (χ1n) is 6.59. The fraction of sp³-hybridized carbons (Fsp3) is 0.0588. The number of anilines is 1. The minimum atomic E-state index is 0.730. The number of aromatic nitrogens is 2. The van der Waals surface area contributed by atoms with Crippen LogP contribution in [0.3, 0.4) is 0 Å². The van der Waals surface area contributed by atoms with E-state index in [2.05, 4.69) is 9.97 Å². The Morgan fingerprint density at radius 3 is 1.71 bits per heavy atom. The van der Waals surface area contributed by atoms with Crippen molar-refractivity contribution >= 4 is 5.69 Å². The van der Waals surface area contributed by atoms with Crippen molar-refractivity contribution in [3.05, 3.63) is 60.9 Å². The van der Waals surface area contributed by atoms with Gasteiger partial charge < -0.3 is 10.5 Å². The van der Waals surface area contributed by atoms with Crippen LogP contribution in [0.1, 0.15) is 0 Å². The Hall–Kier alpha value is -2.88. The minimum absolute atomic E-state index is 0.730. The molecule has 0 aliphatic heterocycles. The van der Waals surface area contributed by atoms with Gasteiger partial charge in [-0.1, -0.05) is 12.1 Å². The molecule has 0 fully saturated rings. The van der Waals surface area contributed by atoms with Gasteiger partial charge in [0.2, 0.25) is 0 Å². The number of ether oxygens (including phenoxy) is 1. The third-order valence-electron chi connectivity index (χ3n) is 3.25. The second-order valence-corrected chi connectivity index (χ2v) is 4.60. The van der Waals surface area contributed by atoms with E-state index in [-0.39, 0.29) is 0 Å². The highest BCUT2D eigenvalue weighted by molar-refractivity contribution is 5.78. The highest BCUT2D eigenvalue weighted by Gasteiger charge is 2.10. The zero-order chi connectivity index (χ0) is 14.7. The van der Waals surface area contributed by atoms with E-state index in [0.29, 0.717) is 0 Å². The number of hydrogen-bond acceptors (Lipinski definition) is 4. The van der Waals surface area contributed by atoms with Gasteiger partial charge in [-0.3, -0.25) is 9.97 Å². The standard InChI is InChI=1S/C17H15N3O/c1-21-15-8-4-13(5-9-15)17-16(19-10-11-20-17)12-2-6-14(18)7-3-12/h2-11H,18H2,1H3. The summed E-state index contributed by atoms with van der Waals surface area (Å²) in [6.45, 7) is 0. The lowest BCUT2D eigenvalue weighted by Crippen LogP contribution is -1.93. The molecule has 4 nitrogen and oxygen atoms in total. The summed E-state index contributed by atoms with van der Waals surface area (Å²) in [7, 11) is 1.65. The third-order valence-corrected chi connectivity index (χ3v) is 3.25. The first-order valence-corrected chi connectivity index (χ1v) is 6.59. The monoisotopic (exact) mass is 277 g/mol. The van der Waals surface area contributed by atoms with Gasteiger partial charge in [0, 0.05) is 29.2 Å². The smallest absolute Gasteiger partial charge is 0.118 e. The van der Waals surface area contributed by atoms with Crippen LogP contribution in [0.15, 0.2) is 60.9 Å². The molecule has 2 N–H and O–H groups in total. The number of benzene rings is 2. The second kappa shape index (κ2) is 5.63. The number of hydrogen-bond donors (Lipinski definition) is 1. The van der Waals surface area contributed by atoms with E-state index in [9.17, 15) is 0 Å². The number of nitrogens with two attached hydrogens (primary N) is 1. The normalized spacial score (nSPS) is 10.3. The van der Waals surface area contributed by atoms with E-state index >= 15 is 0 Å². The van der Waals surface area contributed by atoms with E-state index in [1.54, 1.807) is 19.5 Å². The lowest BCUT2D eigenvalue weighted by atomic mass is 10.0. The Bertz CT molecular complexity index is 737. The van der Waals surface area contributed by atoms with Crippen LogP contribution in [0, 0.1) is 0 Å². The fourth-order valence-corrected chi connectivity index (χ4v) is 2.15. The second-order valence-electron chi connectivity index (χ2n) is 4.60. The van der Waals surface area contributed by atoms with Gasteiger partial charge in [0.25, 0.3) is 0 Å². The molecular weight excluding hydrogens is 262 g/mol. The average molecular weight is 277 g/mol. The molecule has 0 radical (unpaired) electrons. The molecule has 0 spiro atoms. The minimum Gasteiger partial charge on any atom is -0.497 e. The molecule has 4 heteroatoms. The summed E-state index contributed by atoms with van der Waals surface area (Å²) in [6, 6.07) is 15.4. The van der Waals surface area contributed by atoms with Crippen molar-refractivity contribution in [2.45, 2.75) is 0 Å². The third kappa shape index (κ3) is 2.69. The Kier molecular flexibility index (Phi) is 3.51. The summed E-state index contributed by atoms with van der Waals surface area (Å²) in [5.74, 6) is 0.816. The van der Waals surface area contributed by atoms with Crippen LogP contribution < -0.4 is 10.5 Å². The van der Waals surface area contributed by atoms with Gasteiger partial charge in [-0.05, 0) is 36.4 Å². The molecule has 1 aromatic heterocycles. The number of methoxy groups -OCH3 is 1. The summed E-state index contributed by atoms with van der Waals surface area (Å²) in [5, 5.41) is 0. The van der Waals surface area contributed by atoms with E-state index in [1.807, 2.05) is 48.5 Å². The predicted molar refractivity (Wildman–Crippen MR) is 83.9 cm³/mol. The maximum absolute atomic E-state index is 5.74. The van der Waals surface area contributed by atoms with Crippen LogP contribution in [-0.2, 0) is 0 Å². The van der Waals surface area contributed by atoms with Gasteiger partial charge in [0.15, 0.2) is 0 Å². The molecule has 3 rings (SSSR count). The molecule has 0 saturated heterocycles. The Morgan fingerprint density at radius 1 is 0.762 bits per heavy atom. The lowest BCUT2D eigenvalue weighted by Gasteiger charge is -2.08. The summed E-state index contributed by atoms with van der Waals surface area (Å²) >= 11 is 0. The van der Waals surface area contributed by atoms with Crippen molar-refractivity contribution in [3.63, 3.8) is 0 Å². The van der Waals surface area contributed by atoms with Gasteiger partial charge in [-0.15, -0.1) is 0 Å². The zero-order valence-corrected chi connectivity index (χ0v) is 11.7. The number of rotatable bonds is 3. The lowest BCUT2D eigenvalue weighted by molar-refractivity contribution is 0.415. The summed E-state index contributed by atoms with van der Waals surface area (Å²) in [6.07, 6.45) is 3.39. The van der Waals surface area contributed by atoms with Crippen LogP contribution in [0.4, 0.5) is 5.69 Å². The Balaban J connectivity index is 2.08. The predicted octanol–water partition coefficient (Wildman–Crippen LogP) is 3.40. The maximum atomic E-state index is 5.74. The Morgan fingerprint density at radius 2 is 1.24 bits per heavy atom. The van der Waals surface area contributed by atoms with Crippen LogP contribution in [0.2, 0.25) is 0 Å². The largest absolute Gasteiger partial charge is 0.497 e. The van der Waals surface area contributed by atoms with Gasteiger partial charge in [-0.2, -0.15) is 0 Å². The first-order chi connectivity index (χ1) is 10.3. The maximum Gasteiger partial charge on any atom is 0.118 e. The van der Waals surface area contributed by atoms with Crippen molar-refractivity contribution in [2.24, 2.45) is 0 Å². The van der Waals surface area contributed by atoms with Gasteiger partial charge in [-0.25, -0.2) is 0 Å². The summed E-state index contributed by atoms with van der Waals surface area (Å²) in [5.41, 5.74) is 10.1. The molecule has 0 atom stereocenters. The fourth-order valence-electron chi connectivity index (χ4n) is 2.15. The van der Waals surface area contributed by atoms with Gasteiger partial charge in [0.05, 0.1) is 18.5 Å². The molecule has 0 aliphatic rings. The van der Waals surface area contributed by atoms with Crippen LogP contribution >= 0.6 is 0 Å². The molecule has 0 aliphatic carbocycles. The molecule has 2 aromatic carbocycles. The first kappa shape index (κ1) is 13.1. The van der Waals surface area contributed by atoms with Gasteiger partial charge in [0.1, 0.15) is 5.75 Å². The van der Waals surface area contributed by atoms with E-state index < -0.39 is 0 Å². The van der Waals surface area contributed by atoms with Crippen molar-refractivity contribution < 1.29 is 4.74 Å². The quantitative estimate of drug-likeness (QED) is 0.745. The SMILES string of the molecule is COc1ccc(-c2nccnc2-c2ccc(N)cc2)cc1. The molecule has 0 unspecified atom stereocenters. The van der Waals surface area contributed by atoms with Crippen LogP contribution in [0.25, 0.3) is 22.5 Å².